The molecule has 1 amide bonds. The molecule has 3 aromatic carbocycles. The molecule has 0 radical (unpaired) electrons. The highest BCUT2D eigenvalue weighted by Crippen LogP contribution is 2.25. The molecule has 0 atom stereocenters. The van der Waals surface area contributed by atoms with E-state index in [1.165, 1.54) is 19.3 Å². The number of nitrogens with zero attached hydrogens (tertiary/aromatic N) is 2. The lowest BCUT2D eigenvalue weighted by Gasteiger charge is -2.29. The van der Waals surface area contributed by atoms with E-state index >= 15 is 0 Å². The summed E-state index contributed by atoms with van der Waals surface area (Å²) in [6, 6.07) is 23.1. The van der Waals surface area contributed by atoms with Crippen LogP contribution in [0.1, 0.15) is 24.8 Å². The Balaban J connectivity index is 1.51. The fourth-order valence-corrected chi connectivity index (χ4v) is 5.41. The minimum absolute atomic E-state index is 0.149. The standard InChI is InChI=1S/C26H29N3O3S/c1-21-10-16-25(17-11-21)33(31,32)29(24-8-4-2-5-9-24)20-26(30)27-22-12-14-23(15-13-22)28-18-6-3-7-19-28/h2,4-5,8-17H,3,6-7,18-20H2,1H3,(H,27,30). The number of hydrogen-bond donors (Lipinski definition) is 1. The molecule has 6 nitrogen and oxygen atoms in total. The van der Waals surface area contributed by atoms with Gasteiger partial charge in [0.15, 0.2) is 0 Å². The van der Waals surface area contributed by atoms with Gasteiger partial charge in [-0.1, -0.05) is 35.9 Å². The smallest absolute Gasteiger partial charge is 0.264 e. The minimum atomic E-state index is -3.91. The maximum absolute atomic E-state index is 13.4. The molecule has 3 aromatic rings. The van der Waals surface area contributed by atoms with Gasteiger partial charge >= 0.3 is 0 Å². The molecule has 1 saturated heterocycles. The maximum Gasteiger partial charge on any atom is 0.264 e. The average molecular weight is 464 g/mol. The second-order valence-electron chi connectivity index (χ2n) is 8.30. The van der Waals surface area contributed by atoms with Crippen LogP contribution in [0.5, 0.6) is 0 Å². The van der Waals surface area contributed by atoms with E-state index < -0.39 is 15.9 Å². The first-order valence-electron chi connectivity index (χ1n) is 11.2. The third-order valence-electron chi connectivity index (χ3n) is 5.81. The fraction of sp³-hybridized carbons (Fsp3) is 0.269. The number of sulfonamides is 1. The molecule has 172 valence electrons. The molecule has 1 aliphatic rings. The van der Waals surface area contributed by atoms with E-state index in [9.17, 15) is 13.2 Å². The number of aryl methyl sites for hydroxylation is 1. The molecule has 0 saturated carbocycles. The van der Waals surface area contributed by atoms with Crippen LogP contribution in [0.25, 0.3) is 0 Å². The Bertz CT molecular complexity index is 1170. The summed E-state index contributed by atoms with van der Waals surface area (Å²) in [7, 11) is -3.91. The molecule has 7 heteroatoms. The minimum Gasteiger partial charge on any atom is -0.372 e. The Morgan fingerprint density at radius 2 is 1.52 bits per heavy atom. The molecule has 0 aliphatic carbocycles. The zero-order valence-electron chi connectivity index (χ0n) is 18.8. The van der Waals surface area contributed by atoms with Crippen molar-refractivity contribution >= 4 is 33.0 Å². The van der Waals surface area contributed by atoms with Crippen molar-refractivity contribution < 1.29 is 13.2 Å². The van der Waals surface area contributed by atoms with Gasteiger partial charge in [-0.25, -0.2) is 8.42 Å². The van der Waals surface area contributed by atoms with Crippen LogP contribution in [-0.2, 0) is 14.8 Å². The van der Waals surface area contributed by atoms with E-state index in [4.69, 9.17) is 0 Å². The van der Waals surface area contributed by atoms with Crippen molar-refractivity contribution in [3.63, 3.8) is 0 Å². The highest BCUT2D eigenvalue weighted by molar-refractivity contribution is 7.92. The highest BCUT2D eigenvalue weighted by atomic mass is 32.2. The number of hydrogen-bond acceptors (Lipinski definition) is 4. The molecule has 0 bridgehead atoms. The van der Waals surface area contributed by atoms with Gasteiger partial charge in [-0.2, -0.15) is 0 Å². The second-order valence-corrected chi connectivity index (χ2v) is 10.2. The number of carbonyl (C=O) groups excluding carboxylic acids is 1. The van der Waals surface area contributed by atoms with Gasteiger partial charge in [0.1, 0.15) is 6.54 Å². The van der Waals surface area contributed by atoms with Crippen LogP contribution in [0.15, 0.2) is 83.8 Å². The summed E-state index contributed by atoms with van der Waals surface area (Å²) in [6.07, 6.45) is 3.67. The number of rotatable bonds is 7. The molecular formula is C26H29N3O3S. The molecule has 4 rings (SSSR count). The van der Waals surface area contributed by atoms with E-state index in [0.717, 1.165) is 28.6 Å². The Morgan fingerprint density at radius 1 is 0.879 bits per heavy atom. The van der Waals surface area contributed by atoms with E-state index in [1.54, 1.807) is 48.5 Å². The number of piperidine rings is 1. The third kappa shape index (κ3) is 5.54. The van der Waals surface area contributed by atoms with Crippen LogP contribution in [0.4, 0.5) is 17.1 Å². The van der Waals surface area contributed by atoms with Gasteiger partial charge in [-0.3, -0.25) is 9.10 Å². The molecule has 1 heterocycles. The van der Waals surface area contributed by atoms with Crippen molar-refractivity contribution in [2.75, 3.05) is 34.2 Å². The van der Waals surface area contributed by atoms with Crippen molar-refractivity contribution in [2.45, 2.75) is 31.1 Å². The number of benzene rings is 3. The number of para-hydroxylation sites is 1. The summed E-state index contributed by atoms with van der Waals surface area (Å²) in [5.41, 5.74) is 3.18. The largest absolute Gasteiger partial charge is 0.372 e. The van der Waals surface area contributed by atoms with Crippen LogP contribution in [-0.4, -0.2) is 34.0 Å². The van der Waals surface area contributed by atoms with Gasteiger partial charge in [-0.15, -0.1) is 0 Å². The van der Waals surface area contributed by atoms with Crippen LogP contribution in [0.2, 0.25) is 0 Å². The van der Waals surface area contributed by atoms with Gasteiger partial charge < -0.3 is 10.2 Å². The van der Waals surface area contributed by atoms with E-state index in [0.29, 0.717) is 11.4 Å². The number of carbonyl (C=O) groups is 1. The van der Waals surface area contributed by atoms with Gasteiger partial charge in [0, 0.05) is 24.5 Å². The highest BCUT2D eigenvalue weighted by Gasteiger charge is 2.27. The average Bonchev–Trinajstić information content (AvgIpc) is 2.84. The predicted molar refractivity (Wildman–Crippen MR) is 133 cm³/mol. The van der Waals surface area contributed by atoms with Gasteiger partial charge in [-0.05, 0) is 74.7 Å². The lowest BCUT2D eigenvalue weighted by molar-refractivity contribution is -0.114. The van der Waals surface area contributed by atoms with Gasteiger partial charge in [0.2, 0.25) is 5.91 Å². The van der Waals surface area contributed by atoms with Crippen molar-refractivity contribution in [3.8, 4) is 0 Å². The first-order valence-corrected chi connectivity index (χ1v) is 12.7. The summed E-state index contributed by atoms with van der Waals surface area (Å²) in [6.45, 7) is 3.67. The fourth-order valence-electron chi connectivity index (χ4n) is 3.99. The zero-order valence-corrected chi connectivity index (χ0v) is 19.6. The van der Waals surface area contributed by atoms with Crippen molar-refractivity contribution in [1.29, 1.82) is 0 Å². The Morgan fingerprint density at radius 3 is 2.15 bits per heavy atom. The number of anilines is 3. The van der Waals surface area contributed by atoms with Crippen molar-refractivity contribution in [3.05, 3.63) is 84.4 Å². The van der Waals surface area contributed by atoms with Crippen LogP contribution >= 0.6 is 0 Å². The topological polar surface area (TPSA) is 69.7 Å². The predicted octanol–water partition coefficient (Wildman–Crippen LogP) is 4.82. The summed E-state index contributed by atoms with van der Waals surface area (Å²) in [4.78, 5) is 15.4. The van der Waals surface area contributed by atoms with Crippen molar-refractivity contribution in [1.82, 2.24) is 0 Å². The summed E-state index contributed by atoms with van der Waals surface area (Å²) >= 11 is 0. The Labute approximate surface area is 195 Å². The lowest BCUT2D eigenvalue weighted by atomic mass is 10.1. The van der Waals surface area contributed by atoms with E-state index in [1.807, 2.05) is 37.3 Å². The van der Waals surface area contributed by atoms with Crippen molar-refractivity contribution in [2.24, 2.45) is 0 Å². The number of amides is 1. The van der Waals surface area contributed by atoms with Crippen LogP contribution < -0.4 is 14.5 Å². The summed E-state index contributed by atoms with van der Waals surface area (Å²) in [5.74, 6) is -0.403. The van der Waals surface area contributed by atoms with E-state index in [2.05, 4.69) is 10.2 Å². The molecule has 33 heavy (non-hydrogen) atoms. The molecule has 0 aromatic heterocycles. The summed E-state index contributed by atoms with van der Waals surface area (Å²) in [5, 5.41) is 2.84. The van der Waals surface area contributed by atoms with Crippen LogP contribution in [0.3, 0.4) is 0 Å². The maximum atomic E-state index is 13.4. The second kappa shape index (κ2) is 10.1. The van der Waals surface area contributed by atoms with Gasteiger partial charge in [0.05, 0.1) is 10.6 Å². The normalized spacial score (nSPS) is 14.0. The zero-order chi connectivity index (χ0) is 23.3. The third-order valence-corrected chi connectivity index (χ3v) is 7.60. The summed E-state index contributed by atoms with van der Waals surface area (Å²) < 4.78 is 27.9. The molecule has 1 fully saturated rings. The molecule has 0 unspecified atom stereocenters. The Kier molecular flexibility index (Phi) is 6.99. The molecule has 1 aliphatic heterocycles. The van der Waals surface area contributed by atoms with Crippen LogP contribution in [0, 0.1) is 6.92 Å². The Hall–Kier alpha value is -3.32. The molecule has 1 N–H and O–H groups in total. The SMILES string of the molecule is Cc1ccc(S(=O)(=O)N(CC(=O)Nc2ccc(N3CCCCC3)cc2)c2ccccc2)cc1. The molecular weight excluding hydrogens is 434 g/mol. The monoisotopic (exact) mass is 463 g/mol. The first-order chi connectivity index (χ1) is 15.9. The molecule has 0 spiro atoms. The van der Waals surface area contributed by atoms with E-state index in [-0.39, 0.29) is 11.4 Å². The number of nitrogens with one attached hydrogen (secondary N) is 1. The van der Waals surface area contributed by atoms with Gasteiger partial charge in [0.25, 0.3) is 10.0 Å². The quantitative estimate of drug-likeness (QED) is 0.545. The first kappa shape index (κ1) is 22.9. The lowest BCUT2D eigenvalue weighted by Crippen LogP contribution is -2.38.